The van der Waals surface area contributed by atoms with Crippen LogP contribution in [0.1, 0.15) is 5.56 Å². The Hall–Kier alpha value is -3.34. The number of nitrogens with one attached hydrogen (secondary N) is 1. The topological polar surface area (TPSA) is 64.4 Å². The first-order valence-electron chi connectivity index (χ1n) is 7.58. The molecule has 3 aromatic rings. The molecule has 0 aliphatic carbocycles. The summed E-state index contributed by atoms with van der Waals surface area (Å²) < 4.78 is 5.85. The number of fused-ring (bicyclic) bond motifs is 2. The smallest absolute Gasteiger partial charge is 0.277 e. The van der Waals surface area contributed by atoms with Gasteiger partial charge in [-0.15, -0.1) is 0 Å². The van der Waals surface area contributed by atoms with Gasteiger partial charge in [0.05, 0.1) is 21.9 Å². The molecule has 0 amide bonds. The maximum atomic E-state index is 11.4. The van der Waals surface area contributed by atoms with E-state index in [9.17, 15) is 10.1 Å². The van der Waals surface area contributed by atoms with Crippen LogP contribution in [0.25, 0.3) is 11.1 Å². The Kier molecular flexibility index (Phi) is 3.39. The van der Waals surface area contributed by atoms with E-state index >= 15 is 0 Å². The van der Waals surface area contributed by atoms with Crippen LogP contribution in [0.5, 0.6) is 5.75 Å². The Bertz CT molecular complexity index is 937. The van der Waals surface area contributed by atoms with Crippen molar-refractivity contribution in [2.75, 3.05) is 5.32 Å². The molecule has 0 saturated carbocycles. The number of benzene rings is 3. The molecule has 0 saturated heterocycles. The van der Waals surface area contributed by atoms with E-state index in [1.54, 1.807) is 12.1 Å². The van der Waals surface area contributed by atoms with Gasteiger partial charge in [0.2, 0.25) is 0 Å². The van der Waals surface area contributed by atoms with Gasteiger partial charge in [0.25, 0.3) is 5.69 Å². The first kappa shape index (κ1) is 14.3. The van der Waals surface area contributed by atoms with E-state index in [1.165, 1.54) is 6.07 Å². The standard InChI is InChI=1S/C19H14N2O3/c22-21(23)17-10-3-1-7-14(17)15-8-5-6-13-12-24-18-11-4-2-9-16(18)20-19(13)15/h1-11,20H,12H2. The molecule has 0 aromatic heterocycles. The summed E-state index contributed by atoms with van der Waals surface area (Å²) in [5.74, 6) is 0.766. The lowest BCUT2D eigenvalue weighted by atomic mass is 9.98. The van der Waals surface area contributed by atoms with E-state index in [1.807, 2.05) is 48.5 Å². The molecular weight excluding hydrogens is 304 g/mol. The Morgan fingerprint density at radius 1 is 0.917 bits per heavy atom. The van der Waals surface area contributed by atoms with Crippen LogP contribution < -0.4 is 10.1 Å². The minimum Gasteiger partial charge on any atom is -0.487 e. The Labute approximate surface area is 138 Å². The van der Waals surface area contributed by atoms with Gasteiger partial charge in [0.1, 0.15) is 12.4 Å². The molecule has 0 fully saturated rings. The predicted molar refractivity (Wildman–Crippen MR) is 92.6 cm³/mol. The molecule has 24 heavy (non-hydrogen) atoms. The van der Waals surface area contributed by atoms with Gasteiger partial charge in [0, 0.05) is 17.2 Å². The van der Waals surface area contributed by atoms with E-state index in [-0.39, 0.29) is 10.6 Å². The second-order valence-electron chi connectivity index (χ2n) is 5.52. The van der Waals surface area contributed by atoms with Crippen molar-refractivity contribution in [1.29, 1.82) is 0 Å². The second-order valence-corrected chi connectivity index (χ2v) is 5.52. The maximum absolute atomic E-state index is 11.4. The average Bonchev–Trinajstić information content (AvgIpc) is 2.80. The summed E-state index contributed by atoms with van der Waals surface area (Å²) in [6.07, 6.45) is 0. The lowest BCUT2D eigenvalue weighted by Gasteiger charge is -2.14. The molecule has 1 N–H and O–H groups in total. The van der Waals surface area contributed by atoms with Crippen LogP contribution in [0, 0.1) is 10.1 Å². The van der Waals surface area contributed by atoms with Gasteiger partial charge in [0.15, 0.2) is 0 Å². The van der Waals surface area contributed by atoms with Gasteiger partial charge in [-0.2, -0.15) is 0 Å². The quantitative estimate of drug-likeness (QED) is 0.539. The Morgan fingerprint density at radius 3 is 2.54 bits per heavy atom. The number of rotatable bonds is 2. The third-order valence-electron chi connectivity index (χ3n) is 4.07. The molecule has 0 bridgehead atoms. The predicted octanol–water partition coefficient (Wildman–Crippen LogP) is 4.90. The number of anilines is 2. The zero-order valence-electron chi connectivity index (χ0n) is 12.7. The first-order valence-corrected chi connectivity index (χ1v) is 7.58. The summed E-state index contributed by atoms with van der Waals surface area (Å²) in [7, 11) is 0. The number of hydrogen-bond acceptors (Lipinski definition) is 4. The molecule has 1 aliphatic heterocycles. The summed E-state index contributed by atoms with van der Waals surface area (Å²) in [5.41, 5.74) is 4.12. The van der Waals surface area contributed by atoms with Crippen LogP contribution in [0.3, 0.4) is 0 Å². The molecule has 0 radical (unpaired) electrons. The molecule has 4 rings (SSSR count). The van der Waals surface area contributed by atoms with Gasteiger partial charge in [-0.3, -0.25) is 10.1 Å². The van der Waals surface area contributed by atoms with Crippen LogP contribution >= 0.6 is 0 Å². The van der Waals surface area contributed by atoms with Gasteiger partial charge >= 0.3 is 0 Å². The van der Waals surface area contributed by atoms with Crippen molar-refractivity contribution < 1.29 is 9.66 Å². The zero-order valence-corrected chi connectivity index (χ0v) is 12.7. The van der Waals surface area contributed by atoms with Crippen LogP contribution in [-0.2, 0) is 6.61 Å². The number of hydrogen-bond donors (Lipinski definition) is 1. The fourth-order valence-corrected chi connectivity index (χ4v) is 2.94. The highest BCUT2D eigenvalue weighted by Crippen LogP contribution is 2.41. The van der Waals surface area contributed by atoms with E-state index in [4.69, 9.17) is 4.74 Å². The molecule has 118 valence electrons. The largest absolute Gasteiger partial charge is 0.487 e. The molecule has 1 aliphatic rings. The second kappa shape index (κ2) is 5.70. The van der Waals surface area contributed by atoms with Crippen molar-refractivity contribution >= 4 is 17.1 Å². The van der Waals surface area contributed by atoms with E-state index in [2.05, 4.69) is 5.32 Å². The fraction of sp³-hybridized carbons (Fsp3) is 0.0526. The normalized spacial score (nSPS) is 12.2. The van der Waals surface area contributed by atoms with Gasteiger partial charge in [-0.25, -0.2) is 0 Å². The third kappa shape index (κ3) is 2.36. The van der Waals surface area contributed by atoms with Gasteiger partial charge in [-0.05, 0) is 18.2 Å². The highest BCUT2D eigenvalue weighted by Gasteiger charge is 2.21. The number of nitrogens with zero attached hydrogens (tertiary/aromatic N) is 1. The van der Waals surface area contributed by atoms with Crippen molar-refractivity contribution in [3.63, 3.8) is 0 Å². The van der Waals surface area contributed by atoms with Crippen molar-refractivity contribution in [2.45, 2.75) is 6.61 Å². The van der Waals surface area contributed by atoms with Crippen LogP contribution in [0.4, 0.5) is 17.1 Å². The summed E-state index contributed by atoms with van der Waals surface area (Å²) in [6, 6.07) is 20.2. The van der Waals surface area contributed by atoms with Gasteiger partial charge < -0.3 is 10.1 Å². The first-order chi connectivity index (χ1) is 11.7. The third-order valence-corrected chi connectivity index (χ3v) is 4.07. The van der Waals surface area contributed by atoms with Crippen molar-refractivity contribution in [3.8, 4) is 16.9 Å². The van der Waals surface area contributed by atoms with Crippen molar-refractivity contribution in [2.24, 2.45) is 0 Å². The van der Waals surface area contributed by atoms with E-state index < -0.39 is 0 Å². The van der Waals surface area contributed by atoms with E-state index in [0.29, 0.717) is 12.2 Å². The van der Waals surface area contributed by atoms with Crippen LogP contribution in [0.2, 0.25) is 0 Å². The molecule has 5 nitrogen and oxygen atoms in total. The van der Waals surface area contributed by atoms with Crippen LogP contribution in [0.15, 0.2) is 66.7 Å². The molecular formula is C19H14N2O3. The molecule has 3 aromatic carbocycles. The lowest BCUT2D eigenvalue weighted by Crippen LogP contribution is -1.99. The van der Waals surface area contributed by atoms with Crippen molar-refractivity contribution in [1.82, 2.24) is 0 Å². The minimum absolute atomic E-state index is 0.0890. The van der Waals surface area contributed by atoms with E-state index in [0.717, 1.165) is 28.3 Å². The Balaban J connectivity index is 1.91. The maximum Gasteiger partial charge on any atom is 0.277 e. The number of ether oxygens (including phenoxy) is 1. The molecule has 5 heteroatoms. The monoisotopic (exact) mass is 318 g/mol. The lowest BCUT2D eigenvalue weighted by molar-refractivity contribution is -0.384. The molecule has 0 unspecified atom stereocenters. The Morgan fingerprint density at radius 2 is 1.67 bits per heavy atom. The molecule has 0 spiro atoms. The summed E-state index contributed by atoms with van der Waals surface area (Å²) in [5, 5.41) is 14.8. The highest BCUT2D eigenvalue weighted by molar-refractivity contribution is 5.88. The highest BCUT2D eigenvalue weighted by atomic mass is 16.6. The minimum atomic E-state index is -0.351. The number of nitro benzene ring substituents is 1. The molecule has 0 atom stereocenters. The summed E-state index contributed by atoms with van der Waals surface area (Å²) in [4.78, 5) is 11.0. The van der Waals surface area contributed by atoms with Gasteiger partial charge in [-0.1, -0.05) is 42.5 Å². The zero-order chi connectivity index (χ0) is 16.5. The van der Waals surface area contributed by atoms with Crippen molar-refractivity contribution in [3.05, 3.63) is 82.4 Å². The molecule has 1 heterocycles. The van der Waals surface area contributed by atoms with Crippen LogP contribution in [-0.4, -0.2) is 4.92 Å². The summed E-state index contributed by atoms with van der Waals surface area (Å²) in [6.45, 7) is 0.411. The fourth-order valence-electron chi connectivity index (χ4n) is 2.94. The summed E-state index contributed by atoms with van der Waals surface area (Å²) >= 11 is 0. The average molecular weight is 318 g/mol. The number of para-hydroxylation sites is 4. The SMILES string of the molecule is O=[N+]([O-])c1ccccc1-c1cccc2c1Nc1ccccc1OC2. The number of nitro groups is 1.